The monoisotopic (exact) mass is 329 g/mol. The lowest BCUT2D eigenvalue weighted by Gasteiger charge is -2.24. The molecule has 2 fully saturated rings. The number of hydrogen-bond acceptors (Lipinski definition) is 5. The third-order valence-corrected chi connectivity index (χ3v) is 4.07. The van der Waals surface area contributed by atoms with Crippen molar-refractivity contribution in [1.82, 2.24) is 4.90 Å². The van der Waals surface area contributed by atoms with Crippen LogP contribution in [0.1, 0.15) is 53.4 Å². The fourth-order valence-electron chi connectivity index (χ4n) is 2.86. The average molecular weight is 329 g/mol. The maximum atomic E-state index is 12.0. The molecule has 2 rings (SSSR count). The minimum atomic E-state index is -0.448. The summed E-state index contributed by atoms with van der Waals surface area (Å²) in [7, 11) is 0. The Balaban J connectivity index is 1.56. The SMILES string of the molecule is CC(C)(C)OC(=O)N1CC[C@@H](OCCCCC2(C)OCCO2)C1. The third-order valence-electron chi connectivity index (χ3n) is 4.07. The predicted molar refractivity (Wildman–Crippen MR) is 86.3 cm³/mol. The molecule has 23 heavy (non-hydrogen) atoms. The highest BCUT2D eigenvalue weighted by Gasteiger charge is 2.31. The molecule has 2 aliphatic heterocycles. The van der Waals surface area contributed by atoms with Crippen LogP contribution in [0.15, 0.2) is 0 Å². The van der Waals surface area contributed by atoms with Crippen LogP contribution < -0.4 is 0 Å². The fourth-order valence-corrected chi connectivity index (χ4v) is 2.86. The molecule has 0 unspecified atom stereocenters. The molecule has 0 aromatic carbocycles. The molecule has 1 atom stereocenters. The highest BCUT2D eigenvalue weighted by Crippen LogP contribution is 2.25. The Kier molecular flexibility index (Phi) is 6.28. The van der Waals surface area contributed by atoms with Gasteiger partial charge in [0, 0.05) is 19.6 Å². The Labute approximate surface area is 139 Å². The van der Waals surface area contributed by atoms with E-state index in [0.717, 1.165) is 25.7 Å². The molecule has 6 nitrogen and oxygen atoms in total. The number of nitrogens with zero attached hydrogens (tertiary/aromatic N) is 1. The van der Waals surface area contributed by atoms with Gasteiger partial charge in [0.15, 0.2) is 5.79 Å². The molecule has 6 heteroatoms. The number of hydrogen-bond donors (Lipinski definition) is 0. The lowest BCUT2D eigenvalue weighted by atomic mass is 10.1. The topological polar surface area (TPSA) is 57.2 Å². The summed E-state index contributed by atoms with van der Waals surface area (Å²) in [5, 5.41) is 0. The molecule has 0 saturated carbocycles. The summed E-state index contributed by atoms with van der Waals surface area (Å²) >= 11 is 0. The van der Waals surface area contributed by atoms with Gasteiger partial charge in [0.2, 0.25) is 0 Å². The second-order valence-electron chi connectivity index (χ2n) is 7.50. The van der Waals surface area contributed by atoms with Crippen molar-refractivity contribution in [2.75, 3.05) is 32.9 Å². The lowest BCUT2D eigenvalue weighted by molar-refractivity contribution is -0.148. The molecule has 0 radical (unpaired) electrons. The van der Waals surface area contributed by atoms with Crippen LogP contribution in [0.2, 0.25) is 0 Å². The Morgan fingerprint density at radius 3 is 2.61 bits per heavy atom. The van der Waals surface area contributed by atoms with Crippen molar-refractivity contribution < 1.29 is 23.7 Å². The Bertz CT molecular complexity index is 387. The zero-order chi connectivity index (χ0) is 16.9. The molecule has 0 bridgehead atoms. The van der Waals surface area contributed by atoms with Gasteiger partial charge >= 0.3 is 6.09 Å². The zero-order valence-electron chi connectivity index (χ0n) is 14.9. The van der Waals surface area contributed by atoms with Gasteiger partial charge in [-0.25, -0.2) is 4.79 Å². The maximum absolute atomic E-state index is 12.0. The molecule has 0 aliphatic carbocycles. The third kappa shape index (κ3) is 6.28. The maximum Gasteiger partial charge on any atom is 0.410 e. The van der Waals surface area contributed by atoms with Gasteiger partial charge in [0.25, 0.3) is 0 Å². The summed E-state index contributed by atoms with van der Waals surface area (Å²) in [4.78, 5) is 13.7. The molecular formula is C17H31NO5. The van der Waals surface area contributed by atoms with E-state index in [0.29, 0.717) is 32.9 Å². The van der Waals surface area contributed by atoms with Crippen LogP contribution in [-0.4, -0.2) is 61.4 Å². The number of unbranched alkanes of at least 4 members (excludes halogenated alkanes) is 1. The molecule has 2 heterocycles. The highest BCUT2D eigenvalue weighted by molar-refractivity contribution is 5.68. The molecule has 134 valence electrons. The standard InChI is InChI=1S/C17H31NO5/c1-16(2,3)23-15(19)18-9-7-14(13-18)20-10-6-5-8-17(4)21-11-12-22-17/h14H,5-13H2,1-4H3/t14-/m1/s1. The summed E-state index contributed by atoms with van der Waals surface area (Å²) in [6.07, 6.45) is 3.64. The number of amides is 1. The van der Waals surface area contributed by atoms with Crippen molar-refractivity contribution in [2.45, 2.75) is 70.9 Å². The number of carbonyl (C=O) groups excluding carboxylic acids is 1. The van der Waals surface area contributed by atoms with E-state index in [2.05, 4.69) is 0 Å². The zero-order valence-corrected chi connectivity index (χ0v) is 14.9. The van der Waals surface area contributed by atoms with Gasteiger partial charge in [0.1, 0.15) is 5.60 Å². The molecule has 2 aliphatic rings. The number of rotatable bonds is 6. The quantitative estimate of drug-likeness (QED) is 0.701. The van der Waals surface area contributed by atoms with E-state index in [1.165, 1.54) is 0 Å². The smallest absolute Gasteiger partial charge is 0.410 e. The summed E-state index contributed by atoms with van der Waals surface area (Å²) < 4.78 is 22.4. The Morgan fingerprint density at radius 2 is 1.96 bits per heavy atom. The Hall–Kier alpha value is -0.850. The average Bonchev–Trinajstić information content (AvgIpc) is 3.06. The first-order valence-electron chi connectivity index (χ1n) is 8.65. The van der Waals surface area contributed by atoms with Gasteiger partial charge < -0.3 is 23.8 Å². The minimum Gasteiger partial charge on any atom is -0.444 e. The fraction of sp³-hybridized carbons (Fsp3) is 0.941. The number of likely N-dealkylation sites (tertiary alicyclic amines) is 1. The second kappa shape index (κ2) is 7.81. The second-order valence-corrected chi connectivity index (χ2v) is 7.50. The van der Waals surface area contributed by atoms with Gasteiger partial charge in [-0.15, -0.1) is 0 Å². The first kappa shape index (κ1) is 18.5. The van der Waals surface area contributed by atoms with Crippen LogP contribution in [0, 0.1) is 0 Å². The summed E-state index contributed by atoms with van der Waals surface area (Å²) in [5.74, 6) is -0.402. The van der Waals surface area contributed by atoms with Crippen LogP contribution in [-0.2, 0) is 18.9 Å². The molecule has 2 saturated heterocycles. The molecule has 0 spiro atoms. The summed E-state index contributed by atoms with van der Waals surface area (Å²) in [6.45, 7) is 11.1. The van der Waals surface area contributed by atoms with Crippen LogP contribution >= 0.6 is 0 Å². The van der Waals surface area contributed by atoms with E-state index in [4.69, 9.17) is 18.9 Å². The van der Waals surface area contributed by atoms with E-state index in [1.807, 2.05) is 27.7 Å². The van der Waals surface area contributed by atoms with Gasteiger partial charge in [-0.1, -0.05) is 0 Å². The lowest BCUT2D eigenvalue weighted by Crippen LogP contribution is -2.36. The Morgan fingerprint density at radius 1 is 1.26 bits per heavy atom. The van der Waals surface area contributed by atoms with E-state index in [1.54, 1.807) is 4.90 Å². The highest BCUT2D eigenvalue weighted by atomic mass is 16.7. The van der Waals surface area contributed by atoms with Crippen molar-refractivity contribution in [3.8, 4) is 0 Å². The van der Waals surface area contributed by atoms with E-state index in [-0.39, 0.29) is 12.2 Å². The first-order chi connectivity index (χ1) is 10.8. The predicted octanol–water partition coefficient (Wildman–Crippen LogP) is 2.95. The largest absolute Gasteiger partial charge is 0.444 e. The molecule has 0 aromatic heterocycles. The summed E-state index contributed by atoms with van der Waals surface area (Å²) in [6, 6.07) is 0. The molecule has 1 amide bonds. The van der Waals surface area contributed by atoms with Gasteiger partial charge in [-0.05, 0) is 47.0 Å². The van der Waals surface area contributed by atoms with Gasteiger partial charge in [0.05, 0.1) is 25.9 Å². The number of carbonyl (C=O) groups is 1. The summed E-state index contributed by atoms with van der Waals surface area (Å²) in [5.41, 5.74) is -0.448. The van der Waals surface area contributed by atoms with E-state index in [9.17, 15) is 4.79 Å². The van der Waals surface area contributed by atoms with Crippen molar-refractivity contribution in [2.24, 2.45) is 0 Å². The van der Waals surface area contributed by atoms with Crippen molar-refractivity contribution in [3.63, 3.8) is 0 Å². The van der Waals surface area contributed by atoms with Crippen molar-refractivity contribution in [3.05, 3.63) is 0 Å². The van der Waals surface area contributed by atoms with Crippen LogP contribution in [0.4, 0.5) is 4.79 Å². The molecule has 0 aromatic rings. The van der Waals surface area contributed by atoms with Crippen molar-refractivity contribution >= 4 is 6.09 Å². The normalized spacial score (nSPS) is 24.2. The molecule has 0 N–H and O–H groups in total. The van der Waals surface area contributed by atoms with Crippen LogP contribution in [0.25, 0.3) is 0 Å². The first-order valence-corrected chi connectivity index (χ1v) is 8.65. The van der Waals surface area contributed by atoms with E-state index >= 15 is 0 Å². The van der Waals surface area contributed by atoms with E-state index < -0.39 is 11.4 Å². The van der Waals surface area contributed by atoms with Crippen molar-refractivity contribution in [1.29, 1.82) is 0 Å². The minimum absolute atomic E-state index is 0.122. The van der Waals surface area contributed by atoms with Gasteiger partial charge in [-0.3, -0.25) is 0 Å². The number of ether oxygens (including phenoxy) is 4. The van der Waals surface area contributed by atoms with Gasteiger partial charge in [-0.2, -0.15) is 0 Å². The van der Waals surface area contributed by atoms with Crippen LogP contribution in [0.5, 0.6) is 0 Å². The van der Waals surface area contributed by atoms with Crippen LogP contribution in [0.3, 0.4) is 0 Å². The molecular weight excluding hydrogens is 298 g/mol.